The van der Waals surface area contributed by atoms with Crippen molar-refractivity contribution in [2.24, 2.45) is 0 Å². The lowest BCUT2D eigenvalue weighted by Gasteiger charge is -2.19. The van der Waals surface area contributed by atoms with Crippen LogP contribution in [0.15, 0.2) is 36.0 Å². The molecule has 3 aromatic heterocycles. The maximum atomic E-state index is 12.8. The zero-order chi connectivity index (χ0) is 14.2. The molecule has 5 nitrogen and oxygen atoms in total. The molecule has 4 rings (SSSR count). The Kier molecular flexibility index (Phi) is 2.96. The minimum Gasteiger partial charge on any atom is -0.334 e. The Labute approximate surface area is 125 Å². The number of amides is 1. The van der Waals surface area contributed by atoms with E-state index in [0.717, 1.165) is 24.9 Å². The van der Waals surface area contributed by atoms with Gasteiger partial charge < -0.3 is 4.90 Å². The number of hydrogen-bond acceptors (Lipinski definition) is 4. The van der Waals surface area contributed by atoms with Crippen LogP contribution in [0.25, 0.3) is 5.52 Å². The van der Waals surface area contributed by atoms with Gasteiger partial charge in [0, 0.05) is 24.2 Å². The van der Waals surface area contributed by atoms with Crippen LogP contribution in [0, 0.1) is 0 Å². The summed E-state index contributed by atoms with van der Waals surface area (Å²) in [6, 6.07) is 5.83. The molecule has 3 aromatic rings. The highest BCUT2D eigenvalue weighted by molar-refractivity contribution is 7.10. The van der Waals surface area contributed by atoms with Crippen LogP contribution >= 0.6 is 11.3 Å². The number of fused-ring (bicyclic) bond motifs is 2. The summed E-state index contributed by atoms with van der Waals surface area (Å²) in [6.07, 6.45) is 5.35. The average molecular weight is 298 g/mol. The van der Waals surface area contributed by atoms with Gasteiger partial charge in [0.2, 0.25) is 0 Å². The predicted octanol–water partition coefficient (Wildman–Crippen LogP) is 2.38. The molecule has 1 aliphatic rings. The molecular formula is C15H14N4OS. The normalized spacial score (nSPS) is 15.0. The fourth-order valence-electron chi connectivity index (χ4n) is 2.78. The third kappa shape index (κ3) is 2.12. The van der Waals surface area contributed by atoms with Crippen LogP contribution < -0.4 is 0 Å². The molecule has 0 aliphatic carbocycles. The Morgan fingerprint density at radius 1 is 1.29 bits per heavy atom. The molecule has 1 amide bonds. The van der Waals surface area contributed by atoms with Gasteiger partial charge in [-0.2, -0.15) is 14.8 Å². The van der Waals surface area contributed by atoms with E-state index in [4.69, 9.17) is 0 Å². The topological polar surface area (TPSA) is 50.5 Å². The minimum atomic E-state index is 0.0389. The van der Waals surface area contributed by atoms with Gasteiger partial charge in [-0.3, -0.25) is 4.79 Å². The van der Waals surface area contributed by atoms with Crippen molar-refractivity contribution in [3.63, 3.8) is 0 Å². The van der Waals surface area contributed by atoms with Crippen molar-refractivity contribution in [1.29, 1.82) is 0 Å². The molecule has 0 atom stereocenters. The molecule has 21 heavy (non-hydrogen) atoms. The molecule has 0 radical (unpaired) electrons. The van der Waals surface area contributed by atoms with Crippen molar-refractivity contribution in [1.82, 2.24) is 19.7 Å². The van der Waals surface area contributed by atoms with Crippen molar-refractivity contribution < 1.29 is 4.79 Å². The molecule has 0 unspecified atom stereocenters. The SMILES string of the molecule is O=C(c1cnn2ncccc12)N1CCCc2sccc2C1. The van der Waals surface area contributed by atoms with Gasteiger partial charge in [-0.25, -0.2) is 0 Å². The summed E-state index contributed by atoms with van der Waals surface area (Å²) in [4.78, 5) is 16.1. The van der Waals surface area contributed by atoms with E-state index in [-0.39, 0.29) is 5.91 Å². The second-order valence-corrected chi connectivity index (χ2v) is 6.16. The average Bonchev–Trinajstić information content (AvgIpc) is 3.08. The first-order chi connectivity index (χ1) is 10.3. The standard InChI is InChI=1S/C15H14N4OS/c20-15(12-9-17-19-13(12)3-1-6-16-19)18-7-2-4-14-11(10-18)5-8-21-14/h1,3,5-6,8-9H,2,4,7,10H2. The predicted molar refractivity (Wildman–Crippen MR) is 80.4 cm³/mol. The van der Waals surface area contributed by atoms with Gasteiger partial charge >= 0.3 is 0 Å². The smallest absolute Gasteiger partial charge is 0.258 e. The molecule has 0 saturated heterocycles. The second kappa shape index (κ2) is 4.96. The zero-order valence-corrected chi connectivity index (χ0v) is 12.2. The van der Waals surface area contributed by atoms with Gasteiger partial charge in [-0.1, -0.05) is 0 Å². The number of thiophene rings is 1. The molecule has 0 bridgehead atoms. The molecule has 0 saturated carbocycles. The summed E-state index contributed by atoms with van der Waals surface area (Å²) in [5.74, 6) is 0.0389. The lowest BCUT2D eigenvalue weighted by Crippen LogP contribution is -2.30. The highest BCUT2D eigenvalue weighted by Gasteiger charge is 2.23. The number of hydrogen-bond donors (Lipinski definition) is 0. The Hall–Kier alpha value is -2.21. The highest BCUT2D eigenvalue weighted by Crippen LogP contribution is 2.25. The highest BCUT2D eigenvalue weighted by atomic mass is 32.1. The number of aromatic nitrogens is 3. The first-order valence-corrected chi connectivity index (χ1v) is 7.84. The van der Waals surface area contributed by atoms with Crippen LogP contribution in [0.1, 0.15) is 27.2 Å². The lowest BCUT2D eigenvalue weighted by atomic mass is 10.2. The fourth-order valence-corrected chi connectivity index (χ4v) is 3.73. The fraction of sp³-hybridized carbons (Fsp3) is 0.267. The van der Waals surface area contributed by atoms with Gasteiger partial charge in [0.25, 0.3) is 5.91 Å². The largest absolute Gasteiger partial charge is 0.334 e. The molecule has 0 aromatic carbocycles. The van der Waals surface area contributed by atoms with E-state index in [0.29, 0.717) is 12.1 Å². The number of rotatable bonds is 1. The number of carbonyl (C=O) groups is 1. The van der Waals surface area contributed by atoms with Crippen LogP contribution in [0.2, 0.25) is 0 Å². The van der Waals surface area contributed by atoms with E-state index in [2.05, 4.69) is 21.6 Å². The first-order valence-electron chi connectivity index (χ1n) is 6.96. The number of aryl methyl sites for hydroxylation is 1. The summed E-state index contributed by atoms with van der Waals surface area (Å²) < 4.78 is 1.50. The van der Waals surface area contributed by atoms with Crippen LogP contribution in [0.3, 0.4) is 0 Å². The van der Waals surface area contributed by atoms with Crippen molar-refractivity contribution >= 4 is 22.8 Å². The number of nitrogens with zero attached hydrogens (tertiary/aromatic N) is 4. The van der Waals surface area contributed by atoms with Gasteiger partial charge in [-0.15, -0.1) is 11.3 Å². The van der Waals surface area contributed by atoms with Crippen molar-refractivity contribution in [3.8, 4) is 0 Å². The van der Waals surface area contributed by atoms with E-state index in [1.807, 2.05) is 17.0 Å². The Morgan fingerprint density at radius 3 is 3.19 bits per heavy atom. The Balaban J connectivity index is 1.68. The van der Waals surface area contributed by atoms with E-state index < -0.39 is 0 Å². The Bertz CT molecular complexity index is 807. The molecule has 4 heterocycles. The summed E-state index contributed by atoms with van der Waals surface area (Å²) >= 11 is 1.79. The summed E-state index contributed by atoms with van der Waals surface area (Å²) in [5, 5.41) is 10.4. The number of carbonyl (C=O) groups excluding carboxylic acids is 1. The van der Waals surface area contributed by atoms with Crippen molar-refractivity contribution in [3.05, 3.63) is 52.0 Å². The Morgan fingerprint density at radius 2 is 2.24 bits per heavy atom. The van der Waals surface area contributed by atoms with Gasteiger partial charge in [-0.05, 0) is 42.0 Å². The van der Waals surface area contributed by atoms with Gasteiger partial charge in [0.05, 0.1) is 11.8 Å². The minimum absolute atomic E-state index is 0.0389. The van der Waals surface area contributed by atoms with Crippen LogP contribution in [-0.2, 0) is 13.0 Å². The van der Waals surface area contributed by atoms with Gasteiger partial charge in [0.1, 0.15) is 5.52 Å². The van der Waals surface area contributed by atoms with E-state index in [9.17, 15) is 4.79 Å². The molecular weight excluding hydrogens is 284 g/mol. The molecule has 1 aliphatic heterocycles. The molecule has 106 valence electrons. The first kappa shape index (κ1) is 12.5. The van der Waals surface area contributed by atoms with Crippen LogP contribution in [-0.4, -0.2) is 32.2 Å². The van der Waals surface area contributed by atoms with Crippen molar-refractivity contribution in [2.45, 2.75) is 19.4 Å². The van der Waals surface area contributed by atoms with E-state index in [1.165, 1.54) is 15.1 Å². The maximum Gasteiger partial charge on any atom is 0.258 e. The maximum absolute atomic E-state index is 12.8. The zero-order valence-electron chi connectivity index (χ0n) is 11.4. The van der Waals surface area contributed by atoms with E-state index >= 15 is 0 Å². The van der Waals surface area contributed by atoms with E-state index in [1.54, 1.807) is 23.7 Å². The second-order valence-electron chi connectivity index (χ2n) is 5.16. The lowest BCUT2D eigenvalue weighted by molar-refractivity contribution is 0.0748. The molecule has 6 heteroatoms. The van der Waals surface area contributed by atoms with Crippen molar-refractivity contribution in [2.75, 3.05) is 6.54 Å². The molecule has 0 fully saturated rings. The third-order valence-electron chi connectivity index (χ3n) is 3.85. The quantitative estimate of drug-likeness (QED) is 0.693. The summed E-state index contributed by atoms with van der Waals surface area (Å²) in [7, 11) is 0. The van der Waals surface area contributed by atoms with Crippen LogP contribution in [0.4, 0.5) is 0 Å². The summed E-state index contributed by atoms with van der Waals surface area (Å²) in [5.41, 5.74) is 2.67. The van der Waals surface area contributed by atoms with Gasteiger partial charge in [0.15, 0.2) is 0 Å². The van der Waals surface area contributed by atoms with Crippen LogP contribution in [0.5, 0.6) is 0 Å². The molecule has 0 spiro atoms. The summed E-state index contributed by atoms with van der Waals surface area (Å²) in [6.45, 7) is 1.48. The molecule has 0 N–H and O–H groups in total. The monoisotopic (exact) mass is 298 g/mol. The third-order valence-corrected chi connectivity index (χ3v) is 4.88.